The lowest BCUT2D eigenvalue weighted by Crippen LogP contribution is -2.40. The quantitative estimate of drug-likeness (QED) is 0.797. The molecule has 5 heteroatoms. The Kier molecular flexibility index (Phi) is 5.05. The summed E-state index contributed by atoms with van der Waals surface area (Å²) in [6.07, 6.45) is 4.76. The number of aromatic hydroxyl groups is 1. The monoisotopic (exact) mass is 282 g/mol. The molecule has 104 valence electrons. The van der Waals surface area contributed by atoms with Crippen LogP contribution in [-0.2, 0) is 0 Å². The third kappa shape index (κ3) is 4.11. The number of halogens is 1. The van der Waals surface area contributed by atoms with Gasteiger partial charge in [0, 0.05) is 18.2 Å². The minimum Gasteiger partial charge on any atom is -0.506 e. The van der Waals surface area contributed by atoms with Crippen molar-refractivity contribution in [2.75, 3.05) is 13.1 Å². The predicted octanol–water partition coefficient (Wildman–Crippen LogP) is 2.31. The SMILES string of the molecule is O=C(NCC1CCCCCN1)c1ccc(O)c(Cl)c1. The van der Waals surface area contributed by atoms with Crippen molar-refractivity contribution in [3.05, 3.63) is 28.8 Å². The van der Waals surface area contributed by atoms with E-state index in [1.54, 1.807) is 6.07 Å². The van der Waals surface area contributed by atoms with Crippen molar-refractivity contribution in [2.24, 2.45) is 0 Å². The maximum atomic E-state index is 12.0. The van der Waals surface area contributed by atoms with Gasteiger partial charge < -0.3 is 15.7 Å². The number of rotatable bonds is 3. The van der Waals surface area contributed by atoms with Crippen molar-refractivity contribution in [3.63, 3.8) is 0 Å². The van der Waals surface area contributed by atoms with Gasteiger partial charge in [-0.2, -0.15) is 0 Å². The fourth-order valence-corrected chi connectivity index (χ4v) is 2.42. The second kappa shape index (κ2) is 6.78. The smallest absolute Gasteiger partial charge is 0.251 e. The van der Waals surface area contributed by atoms with Crippen LogP contribution in [0.4, 0.5) is 0 Å². The van der Waals surface area contributed by atoms with E-state index in [2.05, 4.69) is 10.6 Å². The minimum atomic E-state index is -0.159. The van der Waals surface area contributed by atoms with Crippen LogP contribution >= 0.6 is 11.6 Å². The van der Waals surface area contributed by atoms with E-state index < -0.39 is 0 Å². The molecule has 1 heterocycles. The number of phenols is 1. The van der Waals surface area contributed by atoms with Crippen molar-refractivity contribution < 1.29 is 9.90 Å². The summed E-state index contributed by atoms with van der Waals surface area (Å²) >= 11 is 5.79. The molecular weight excluding hydrogens is 264 g/mol. The first-order valence-corrected chi connectivity index (χ1v) is 7.04. The molecule has 1 fully saturated rings. The van der Waals surface area contributed by atoms with Crippen LogP contribution in [0.15, 0.2) is 18.2 Å². The van der Waals surface area contributed by atoms with Gasteiger partial charge in [-0.1, -0.05) is 24.4 Å². The lowest BCUT2D eigenvalue weighted by molar-refractivity contribution is 0.0949. The minimum absolute atomic E-state index is 0.0105. The molecule has 1 aliphatic heterocycles. The first kappa shape index (κ1) is 14.2. The Morgan fingerprint density at radius 1 is 1.42 bits per heavy atom. The Balaban J connectivity index is 1.87. The van der Waals surface area contributed by atoms with Crippen molar-refractivity contribution in [1.29, 1.82) is 0 Å². The average molecular weight is 283 g/mol. The Morgan fingerprint density at radius 2 is 2.26 bits per heavy atom. The van der Waals surface area contributed by atoms with Crippen LogP contribution in [0.25, 0.3) is 0 Å². The van der Waals surface area contributed by atoms with Gasteiger partial charge in [0.15, 0.2) is 0 Å². The van der Waals surface area contributed by atoms with Crippen LogP contribution in [0.3, 0.4) is 0 Å². The summed E-state index contributed by atoms with van der Waals surface area (Å²) in [6, 6.07) is 4.82. The summed E-state index contributed by atoms with van der Waals surface area (Å²) in [4.78, 5) is 12.0. The second-order valence-electron chi connectivity index (χ2n) is 4.88. The summed E-state index contributed by atoms with van der Waals surface area (Å²) in [5.74, 6) is -0.170. The average Bonchev–Trinajstić information content (AvgIpc) is 2.67. The highest BCUT2D eigenvalue weighted by Gasteiger charge is 2.13. The summed E-state index contributed by atoms with van der Waals surface area (Å²) < 4.78 is 0. The highest BCUT2D eigenvalue weighted by Crippen LogP contribution is 2.23. The molecular formula is C14H19ClN2O2. The Morgan fingerprint density at radius 3 is 3.05 bits per heavy atom. The third-order valence-corrected chi connectivity index (χ3v) is 3.68. The van der Waals surface area contributed by atoms with Crippen LogP contribution in [-0.4, -0.2) is 30.1 Å². The third-order valence-electron chi connectivity index (χ3n) is 3.38. The van der Waals surface area contributed by atoms with Crippen molar-refractivity contribution >= 4 is 17.5 Å². The normalized spacial score (nSPS) is 19.7. The van der Waals surface area contributed by atoms with E-state index in [9.17, 15) is 9.90 Å². The summed E-state index contributed by atoms with van der Waals surface area (Å²) in [6.45, 7) is 1.64. The first-order valence-electron chi connectivity index (χ1n) is 6.67. The number of amides is 1. The van der Waals surface area contributed by atoms with Gasteiger partial charge in [-0.05, 0) is 37.6 Å². The number of carbonyl (C=O) groups excluding carboxylic acids is 1. The fraction of sp³-hybridized carbons (Fsp3) is 0.500. The Bertz CT molecular complexity index is 443. The summed E-state index contributed by atoms with van der Waals surface area (Å²) in [7, 11) is 0. The molecule has 1 unspecified atom stereocenters. The zero-order valence-electron chi connectivity index (χ0n) is 10.8. The van der Waals surface area contributed by atoms with Crippen LogP contribution in [0.5, 0.6) is 5.75 Å². The molecule has 1 atom stereocenters. The first-order chi connectivity index (χ1) is 9.16. The molecule has 4 nitrogen and oxygen atoms in total. The van der Waals surface area contributed by atoms with E-state index in [1.807, 2.05) is 0 Å². The Hall–Kier alpha value is -1.26. The van der Waals surface area contributed by atoms with Gasteiger partial charge in [0.2, 0.25) is 0 Å². The molecule has 1 saturated heterocycles. The van der Waals surface area contributed by atoms with Crippen molar-refractivity contribution in [1.82, 2.24) is 10.6 Å². The van der Waals surface area contributed by atoms with Gasteiger partial charge in [-0.25, -0.2) is 0 Å². The molecule has 1 amide bonds. The molecule has 2 rings (SSSR count). The van der Waals surface area contributed by atoms with Gasteiger partial charge in [0.25, 0.3) is 5.91 Å². The number of hydrogen-bond acceptors (Lipinski definition) is 3. The molecule has 0 aromatic heterocycles. The molecule has 0 saturated carbocycles. The van der Waals surface area contributed by atoms with Gasteiger partial charge >= 0.3 is 0 Å². The van der Waals surface area contributed by atoms with Crippen LogP contribution < -0.4 is 10.6 Å². The molecule has 1 aromatic rings. The van der Waals surface area contributed by atoms with E-state index >= 15 is 0 Å². The number of hydrogen-bond donors (Lipinski definition) is 3. The van der Waals surface area contributed by atoms with E-state index in [0.29, 0.717) is 18.2 Å². The largest absolute Gasteiger partial charge is 0.506 e. The Labute approximate surface area is 118 Å². The van der Waals surface area contributed by atoms with Gasteiger partial charge in [-0.15, -0.1) is 0 Å². The highest BCUT2D eigenvalue weighted by atomic mass is 35.5. The molecule has 1 aromatic carbocycles. The van der Waals surface area contributed by atoms with Crippen LogP contribution in [0.2, 0.25) is 5.02 Å². The zero-order chi connectivity index (χ0) is 13.7. The lowest BCUT2D eigenvalue weighted by Gasteiger charge is -2.16. The number of nitrogens with one attached hydrogen (secondary N) is 2. The summed E-state index contributed by atoms with van der Waals surface area (Å²) in [5.41, 5.74) is 0.469. The molecule has 0 bridgehead atoms. The van der Waals surface area contributed by atoms with E-state index in [4.69, 9.17) is 11.6 Å². The molecule has 0 aliphatic carbocycles. The van der Waals surface area contributed by atoms with Crippen LogP contribution in [0.1, 0.15) is 36.0 Å². The number of phenolic OH excluding ortho intramolecular Hbond substituents is 1. The van der Waals surface area contributed by atoms with Gasteiger partial charge in [0.05, 0.1) is 5.02 Å². The topological polar surface area (TPSA) is 61.4 Å². The zero-order valence-corrected chi connectivity index (χ0v) is 11.5. The molecule has 1 aliphatic rings. The molecule has 0 radical (unpaired) electrons. The number of benzene rings is 1. The highest BCUT2D eigenvalue weighted by molar-refractivity contribution is 6.32. The number of carbonyl (C=O) groups is 1. The van der Waals surface area contributed by atoms with E-state index in [1.165, 1.54) is 31.4 Å². The molecule has 3 N–H and O–H groups in total. The summed E-state index contributed by atoms with van der Waals surface area (Å²) in [5, 5.41) is 15.8. The maximum Gasteiger partial charge on any atom is 0.251 e. The molecule has 19 heavy (non-hydrogen) atoms. The van der Waals surface area contributed by atoms with E-state index in [0.717, 1.165) is 13.0 Å². The predicted molar refractivity (Wildman–Crippen MR) is 75.7 cm³/mol. The molecule has 0 spiro atoms. The standard InChI is InChI=1S/C14H19ClN2O2/c15-12-8-10(5-6-13(12)18)14(19)17-9-11-4-2-1-3-7-16-11/h5-6,8,11,16,18H,1-4,7,9H2,(H,17,19). The lowest BCUT2D eigenvalue weighted by atomic mass is 10.1. The van der Waals surface area contributed by atoms with Crippen molar-refractivity contribution in [3.8, 4) is 5.75 Å². The maximum absolute atomic E-state index is 12.0. The second-order valence-corrected chi connectivity index (χ2v) is 5.28. The van der Waals surface area contributed by atoms with E-state index in [-0.39, 0.29) is 16.7 Å². The van der Waals surface area contributed by atoms with Gasteiger partial charge in [-0.3, -0.25) is 4.79 Å². The van der Waals surface area contributed by atoms with Crippen LogP contribution in [0, 0.1) is 0 Å². The van der Waals surface area contributed by atoms with Crippen molar-refractivity contribution in [2.45, 2.75) is 31.7 Å². The van der Waals surface area contributed by atoms with Gasteiger partial charge in [0.1, 0.15) is 5.75 Å². The fourth-order valence-electron chi connectivity index (χ4n) is 2.24.